The third kappa shape index (κ3) is 4.13. The number of benzene rings is 2. The summed E-state index contributed by atoms with van der Waals surface area (Å²) >= 11 is 3.45. The van der Waals surface area contributed by atoms with Gasteiger partial charge in [0.05, 0.1) is 13.2 Å². The van der Waals surface area contributed by atoms with Gasteiger partial charge in [-0.2, -0.15) is 0 Å². The molecule has 1 aliphatic rings. The topological polar surface area (TPSA) is 47.6 Å². The number of ether oxygens (including phenoxy) is 2. The van der Waals surface area contributed by atoms with Gasteiger partial charge in [-0.3, -0.25) is 4.79 Å². The maximum absolute atomic E-state index is 12.0. The van der Waals surface area contributed by atoms with Crippen LogP contribution in [0.1, 0.15) is 12.0 Å². The van der Waals surface area contributed by atoms with Crippen molar-refractivity contribution in [2.75, 3.05) is 18.5 Å². The smallest absolute Gasteiger partial charge is 0.248 e. The molecule has 3 rings (SSSR count). The predicted octanol–water partition coefficient (Wildman–Crippen LogP) is 4.26. The summed E-state index contributed by atoms with van der Waals surface area (Å²) in [5, 5.41) is 2.83. The number of hydrogen-bond donors (Lipinski definition) is 1. The Labute approximate surface area is 143 Å². The first-order chi connectivity index (χ1) is 11.2. The zero-order valence-electron chi connectivity index (χ0n) is 12.4. The Bertz CT molecular complexity index is 743. The van der Waals surface area contributed by atoms with Crippen LogP contribution in [0.25, 0.3) is 6.08 Å². The SMILES string of the molecule is O=C(C=Cc1ccccc1Br)Nc1ccc2c(c1)OCCCO2. The van der Waals surface area contributed by atoms with Crippen molar-refractivity contribution < 1.29 is 14.3 Å². The fraction of sp³-hybridized carbons (Fsp3) is 0.167. The predicted molar refractivity (Wildman–Crippen MR) is 93.9 cm³/mol. The average molecular weight is 374 g/mol. The molecule has 2 aromatic rings. The Morgan fingerprint density at radius 2 is 1.87 bits per heavy atom. The van der Waals surface area contributed by atoms with E-state index in [1.165, 1.54) is 6.08 Å². The summed E-state index contributed by atoms with van der Waals surface area (Å²) in [7, 11) is 0. The molecule has 23 heavy (non-hydrogen) atoms. The van der Waals surface area contributed by atoms with E-state index in [9.17, 15) is 4.79 Å². The molecule has 0 atom stereocenters. The average Bonchev–Trinajstić information content (AvgIpc) is 2.79. The fourth-order valence-electron chi connectivity index (χ4n) is 2.20. The Balaban J connectivity index is 1.68. The number of carbonyl (C=O) groups excluding carboxylic acids is 1. The largest absolute Gasteiger partial charge is 0.490 e. The van der Waals surface area contributed by atoms with Crippen LogP contribution in [0.15, 0.2) is 53.0 Å². The van der Waals surface area contributed by atoms with E-state index in [0.717, 1.165) is 16.5 Å². The van der Waals surface area contributed by atoms with Gasteiger partial charge in [0.15, 0.2) is 11.5 Å². The Morgan fingerprint density at radius 3 is 2.70 bits per heavy atom. The highest BCUT2D eigenvalue weighted by Gasteiger charge is 2.11. The van der Waals surface area contributed by atoms with Crippen molar-refractivity contribution >= 4 is 33.6 Å². The Kier molecular flexibility index (Phi) is 4.98. The van der Waals surface area contributed by atoms with Gasteiger partial charge >= 0.3 is 0 Å². The van der Waals surface area contributed by atoms with E-state index in [0.29, 0.717) is 30.4 Å². The molecular formula is C18H16BrNO3. The summed E-state index contributed by atoms with van der Waals surface area (Å²) < 4.78 is 12.1. The van der Waals surface area contributed by atoms with E-state index in [-0.39, 0.29) is 5.91 Å². The number of fused-ring (bicyclic) bond motifs is 1. The van der Waals surface area contributed by atoms with Crippen LogP contribution in [0.3, 0.4) is 0 Å². The highest BCUT2D eigenvalue weighted by molar-refractivity contribution is 9.10. The van der Waals surface area contributed by atoms with Crippen molar-refractivity contribution in [3.05, 3.63) is 58.6 Å². The summed E-state index contributed by atoms with van der Waals surface area (Å²) in [5.74, 6) is 1.18. The molecule has 2 aromatic carbocycles. The first kappa shape index (κ1) is 15.6. The summed E-state index contributed by atoms with van der Waals surface area (Å²) in [4.78, 5) is 12.0. The van der Waals surface area contributed by atoms with Crippen LogP contribution in [0.4, 0.5) is 5.69 Å². The molecule has 0 radical (unpaired) electrons. The number of hydrogen-bond acceptors (Lipinski definition) is 3. The van der Waals surface area contributed by atoms with Gasteiger partial charge in [0.2, 0.25) is 5.91 Å². The van der Waals surface area contributed by atoms with Gasteiger partial charge in [0, 0.05) is 28.7 Å². The second-order valence-corrected chi connectivity index (χ2v) is 5.91. The van der Waals surface area contributed by atoms with Crippen molar-refractivity contribution in [2.45, 2.75) is 6.42 Å². The van der Waals surface area contributed by atoms with Crippen LogP contribution < -0.4 is 14.8 Å². The minimum Gasteiger partial charge on any atom is -0.490 e. The molecule has 1 amide bonds. The van der Waals surface area contributed by atoms with Crippen LogP contribution in [0.5, 0.6) is 11.5 Å². The minimum atomic E-state index is -0.199. The highest BCUT2D eigenvalue weighted by atomic mass is 79.9. The van der Waals surface area contributed by atoms with Gasteiger partial charge in [-0.15, -0.1) is 0 Å². The van der Waals surface area contributed by atoms with E-state index in [1.807, 2.05) is 30.3 Å². The van der Waals surface area contributed by atoms with Gasteiger partial charge in [-0.25, -0.2) is 0 Å². The summed E-state index contributed by atoms with van der Waals surface area (Å²) in [6, 6.07) is 13.1. The molecule has 0 saturated heterocycles. The van der Waals surface area contributed by atoms with Crippen molar-refractivity contribution in [1.82, 2.24) is 0 Å². The maximum Gasteiger partial charge on any atom is 0.248 e. The molecule has 1 heterocycles. The first-order valence-electron chi connectivity index (χ1n) is 7.35. The van der Waals surface area contributed by atoms with E-state index < -0.39 is 0 Å². The molecule has 0 spiro atoms. The van der Waals surface area contributed by atoms with Gasteiger partial charge in [-0.05, 0) is 29.8 Å². The Hall–Kier alpha value is -2.27. The molecular weight excluding hydrogens is 358 g/mol. The number of anilines is 1. The zero-order valence-corrected chi connectivity index (χ0v) is 14.0. The normalized spacial score (nSPS) is 13.6. The second kappa shape index (κ2) is 7.33. The van der Waals surface area contributed by atoms with E-state index in [2.05, 4.69) is 21.2 Å². The lowest BCUT2D eigenvalue weighted by Crippen LogP contribution is -2.08. The third-order valence-corrected chi connectivity index (χ3v) is 4.06. The lowest BCUT2D eigenvalue weighted by atomic mass is 10.2. The van der Waals surface area contributed by atoms with Crippen LogP contribution in [0, 0.1) is 0 Å². The lowest BCUT2D eigenvalue weighted by Gasteiger charge is -2.09. The summed E-state index contributed by atoms with van der Waals surface area (Å²) in [6.07, 6.45) is 4.12. The van der Waals surface area contributed by atoms with Crippen molar-refractivity contribution in [1.29, 1.82) is 0 Å². The Morgan fingerprint density at radius 1 is 1.09 bits per heavy atom. The van der Waals surface area contributed by atoms with Crippen LogP contribution in [0.2, 0.25) is 0 Å². The van der Waals surface area contributed by atoms with E-state index >= 15 is 0 Å². The molecule has 1 N–H and O–H groups in total. The van der Waals surface area contributed by atoms with E-state index in [4.69, 9.17) is 9.47 Å². The molecule has 0 aromatic heterocycles. The monoisotopic (exact) mass is 373 g/mol. The standard InChI is InChI=1S/C18H16BrNO3/c19-15-5-2-1-4-13(15)6-9-18(21)20-14-7-8-16-17(12-14)23-11-3-10-22-16/h1-2,4-9,12H,3,10-11H2,(H,20,21). The van der Waals surface area contributed by atoms with Crippen LogP contribution in [-0.2, 0) is 4.79 Å². The molecule has 1 aliphatic heterocycles. The molecule has 4 nitrogen and oxygen atoms in total. The molecule has 0 fully saturated rings. The van der Waals surface area contributed by atoms with Crippen LogP contribution in [-0.4, -0.2) is 19.1 Å². The third-order valence-electron chi connectivity index (χ3n) is 3.33. The van der Waals surface area contributed by atoms with Gasteiger partial charge < -0.3 is 14.8 Å². The van der Waals surface area contributed by atoms with Crippen LogP contribution >= 0.6 is 15.9 Å². The molecule has 0 unspecified atom stereocenters. The molecule has 118 valence electrons. The summed E-state index contributed by atoms with van der Waals surface area (Å²) in [6.45, 7) is 1.26. The number of amides is 1. The van der Waals surface area contributed by atoms with Gasteiger partial charge in [-0.1, -0.05) is 34.1 Å². The zero-order chi connectivity index (χ0) is 16.1. The number of halogens is 1. The number of rotatable bonds is 3. The second-order valence-electron chi connectivity index (χ2n) is 5.06. The summed E-state index contributed by atoms with van der Waals surface area (Å²) in [5.41, 5.74) is 1.62. The number of nitrogens with one attached hydrogen (secondary N) is 1. The van der Waals surface area contributed by atoms with Gasteiger partial charge in [0.1, 0.15) is 0 Å². The first-order valence-corrected chi connectivity index (χ1v) is 8.15. The molecule has 5 heteroatoms. The minimum absolute atomic E-state index is 0.199. The van der Waals surface area contributed by atoms with Gasteiger partial charge in [0.25, 0.3) is 0 Å². The molecule has 0 aliphatic carbocycles. The number of carbonyl (C=O) groups is 1. The maximum atomic E-state index is 12.0. The fourth-order valence-corrected chi connectivity index (χ4v) is 2.62. The van der Waals surface area contributed by atoms with Crippen molar-refractivity contribution in [3.63, 3.8) is 0 Å². The molecule has 0 saturated carbocycles. The quantitative estimate of drug-likeness (QED) is 0.817. The van der Waals surface area contributed by atoms with Crippen molar-refractivity contribution in [2.24, 2.45) is 0 Å². The van der Waals surface area contributed by atoms with Crippen molar-refractivity contribution in [3.8, 4) is 11.5 Å². The van der Waals surface area contributed by atoms with E-state index in [1.54, 1.807) is 18.2 Å². The lowest BCUT2D eigenvalue weighted by molar-refractivity contribution is -0.111. The highest BCUT2D eigenvalue weighted by Crippen LogP contribution is 2.32. The molecule has 0 bridgehead atoms.